The molecule has 0 saturated heterocycles. The molecule has 0 bridgehead atoms. The normalized spacial score (nSPS) is 11.1. The van der Waals surface area contributed by atoms with Crippen LogP contribution in [0.2, 0.25) is 0 Å². The number of aliphatic hydroxyl groups excluding tert-OH is 1. The molecular formula is C11H11BrOS. The summed E-state index contributed by atoms with van der Waals surface area (Å²) in [6.45, 7) is 2.18. The second kappa shape index (κ2) is 4.01. The van der Waals surface area contributed by atoms with E-state index in [0.29, 0.717) is 0 Å². The Morgan fingerprint density at radius 3 is 2.86 bits per heavy atom. The number of rotatable bonds is 2. The molecule has 3 heteroatoms. The summed E-state index contributed by atoms with van der Waals surface area (Å²) >= 11 is 5.23. The minimum atomic E-state index is 0.124. The fourth-order valence-electron chi connectivity index (χ4n) is 1.74. The van der Waals surface area contributed by atoms with Crippen LogP contribution < -0.4 is 0 Å². The van der Waals surface area contributed by atoms with Crippen molar-refractivity contribution in [1.29, 1.82) is 0 Å². The summed E-state index contributed by atoms with van der Waals surface area (Å²) in [6.07, 6.45) is 0. The Labute approximate surface area is 95.5 Å². The van der Waals surface area contributed by atoms with Gasteiger partial charge in [0.15, 0.2) is 0 Å². The van der Waals surface area contributed by atoms with Crippen LogP contribution in [-0.2, 0) is 11.9 Å². The Bertz CT molecular complexity index is 462. The van der Waals surface area contributed by atoms with E-state index in [-0.39, 0.29) is 6.61 Å². The number of benzene rings is 1. The molecule has 14 heavy (non-hydrogen) atoms. The fourth-order valence-corrected chi connectivity index (χ4v) is 3.29. The van der Waals surface area contributed by atoms with Crippen molar-refractivity contribution in [2.24, 2.45) is 0 Å². The van der Waals surface area contributed by atoms with Gasteiger partial charge >= 0.3 is 0 Å². The minimum absolute atomic E-state index is 0.124. The predicted molar refractivity (Wildman–Crippen MR) is 65.1 cm³/mol. The molecule has 0 aliphatic rings. The molecule has 0 radical (unpaired) electrons. The van der Waals surface area contributed by atoms with Gasteiger partial charge in [-0.2, -0.15) is 0 Å². The Kier molecular flexibility index (Phi) is 2.91. The molecule has 1 aromatic heterocycles. The van der Waals surface area contributed by atoms with E-state index in [1.165, 1.54) is 21.2 Å². The third kappa shape index (κ3) is 1.49. The molecule has 0 aliphatic heterocycles. The molecule has 0 fully saturated rings. The van der Waals surface area contributed by atoms with Crippen molar-refractivity contribution in [2.75, 3.05) is 0 Å². The molecule has 2 rings (SSSR count). The van der Waals surface area contributed by atoms with Gasteiger partial charge in [0.25, 0.3) is 0 Å². The summed E-state index contributed by atoms with van der Waals surface area (Å²) in [7, 11) is 0. The Morgan fingerprint density at radius 2 is 2.21 bits per heavy atom. The van der Waals surface area contributed by atoms with Crippen molar-refractivity contribution in [2.45, 2.75) is 18.9 Å². The molecule has 74 valence electrons. The summed E-state index contributed by atoms with van der Waals surface area (Å²) in [5, 5.41) is 13.5. The van der Waals surface area contributed by atoms with E-state index in [9.17, 15) is 5.11 Å². The number of fused-ring (bicyclic) bond motifs is 1. The SMILES string of the molecule is Cc1cc2sccc2c(CBr)c1CO. The van der Waals surface area contributed by atoms with Gasteiger partial charge in [-0.25, -0.2) is 0 Å². The van der Waals surface area contributed by atoms with Crippen molar-refractivity contribution >= 4 is 37.4 Å². The van der Waals surface area contributed by atoms with Crippen LogP contribution in [0, 0.1) is 6.92 Å². The average Bonchev–Trinajstić information content (AvgIpc) is 2.62. The lowest BCUT2D eigenvalue weighted by Crippen LogP contribution is -1.95. The fraction of sp³-hybridized carbons (Fsp3) is 0.273. The number of hydrogen-bond donors (Lipinski definition) is 1. The third-order valence-electron chi connectivity index (χ3n) is 2.50. The lowest BCUT2D eigenvalue weighted by atomic mass is 10.0. The van der Waals surface area contributed by atoms with Crippen molar-refractivity contribution in [1.82, 2.24) is 0 Å². The molecular weight excluding hydrogens is 260 g/mol. The molecule has 0 amide bonds. The van der Waals surface area contributed by atoms with Gasteiger partial charge in [0, 0.05) is 10.0 Å². The van der Waals surface area contributed by atoms with E-state index < -0.39 is 0 Å². The smallest absolute Gasteiger partial charge is 0.0687 e. The maximum absolute atomic E-state index is 9.31. The third-order valence-corrected chi connectivity index (χ3v) is 3.92. The lowest BCUT2D eigenvalue weighted by molar-refractivity contribution is 0.280. The van der Waals surface area contributed by atoms with Crippen LogP contribution >= 0.6 is 27.3 Å². The van der Waals surface area contributed by atoms with Crippen LogP contribution in [0.4, 0.5) is 0 Å². The average molecular weight is 271 g/mol. The zero-order chi connectivity index (χ0) is 10.1. The van der Waals surface area contributed by atoms with Gasteiger partial charge in [-0.3, -0.25) is 0 Å². The van der Waals surface area contributed by atoms with Gasteiger partial charge in [0.2, 0.25) is 0 Å². The first-order valence-electron chi connectivity index (χ1n) is 4.43. The van der Waals surface area contributed by atoms with Crippen LogP contribution in [0.1, 0.15) is 16.7 Å². The molecule has 0 saturated carbocycles. The summed E-state index contributed by atoms with van der Waals surface area (Å²) in [4.78, 5) is 0. The van der Waals surface area contributed by atoms with Crippen molar-refractivity contribution in [3.8, 4) is 0 Å². The van der Waals surface area contributed by atoms with Crippen LogP contribution in [0.5, 0.6) is 0 Å². The highest BCUT2D eigenvalue weighted by atomic mass is 79.9. The summed E-state index contributed by atoms with van der Waals surface area (Å²) in [5.74, 6) is 0. The second-order valence-electron chi connectivity index (χ2n) is 3.27. The highest BCUT2D eigenvalue weighted by Crippen LogP contribution is 2.31. The van der Waals surface area contributed by atoms with E-state index >= 15 is 0 Å². The molecule has 1 heterocycles. The molecule has 0 aliphatic carbocycles. The number of aryl methyl sites for hydroxylation is 1. The Hall–Kier alpha value is -0.380. The second-order valence-corrected chi connectivity index (χ2v) is 4.78. The Balaban J connectivity index is 2.82. The maximum Gasteiger partial charge on any atom is 0.0687 e. The van der Waals surface area contributed by atoms with Crippen LogP contribution in [-0.4, -0.2) is 5.11 Å². The lowest BCUT2D eigenvalue weighted by Gasteiger charge is -2.09. The van der Waals surface area contributed by atoms with Crippen molar-refractivity contribution < 1.29 is 5.11 Å². The van der Waals surface area contributed by atoms with Gasteiger partial charge in [-0.15, -0.1) is 11.3 Å². The maximum atomic E-state index is 9.31. The molecule has 2 aromatic rings. The van der Waals surface area contributed by atoms with Gasteiger partial charge < -0.3 is 5.11 Å². The van der Waals surface area contributed by atoms with E-state index in [4.69, 9.17) is 0 Å². The van der Waals surface area contributed by atoms with Crippen LogP contribution in [0.25, 0.3) is 10.1 Å². The predicted octanol–water partition coefficient (Wildman–Crippen LogP) is 3.60. The number of aliphatic hydroxyl groups is 1. The zero-order valence-corrected chi connectivity index (χ0v) is 10.3. The summed E-state index contributed by atoms with van der Waals surface area (Å²) in [5.41, 5.74) is 3.47. The number of hydrogen-bond acceptors (Lipinski definition) is 2. The molecule has 1 nitrogen and oxygen atoms in total. The molecule has 1 N–H and O–H groups in total. The topological polar surface area (TPSA) is 20.2 Å². The molecule has 0 unspecified atom stereocenters. The van der Waals surface area contributed by atoms with Gasteiger partial charge in [-0.05, 0) is 46.5 Å². The van der Waals surface area contributed by atoms with Crippen LogP contribution in [0.15, 0.2) is 17.5 Å². The monoisotopic (exact) mass is 270 g/mol. The van der Waals surface area contributed by atoms with E-state index in [1.54, 1.807) is 11.3 Å². The molecule has 0 spiro atoms. The first-order chi connectivity index (χ1) is 6.77. The standard InChI is InChI=1S/C11H11BrOS/c1-7-4-11-8(2-3-14-11)9(5-12)10(7)6-13/h2-4,13H,5-6H2,1H3. The molecule has 0 atom stereocenters. The van der Waals surface area contributed by atoms with Crippen molar-refractivity contribution in [3.63, 3.8) is 0 Å². The van der Waals surface area contributed by atoms with E-state index in [1.807, 2.05) is 0 Å². The van der Waals surface area contributed by atoms with Gasteiger partial charge in [0.05, 0.1) is 6.61 Å². The number of alkyl halides is 1. The first-order valence-corrected chi connectivity index (χ1v) is 6.43. The van der Waals surface area contributed by atoms with E-state index in [0.717, 1.165) is 10.9 Å². The summed E-state index contributed by atoms with van der Waals surface area (Å²) in [6, 6.07) is 4.27. The zero-order valence-electron chi connectivity index (χ0n) is 7.88. The quantitative estimate of drug-likeness (QED) is 0.827. The van der Waals surface area contributed by atoms with Gasteiger partial charge in [0.1, 0.15) is 0 Å². The van der Waals surface area contributed by atoms with Crippen molar-refractivity contribution in [3.05, 3.63) is 34.2 Å². The minimum Gasteiger partial charge on any atom is -0.392 e. The summed E-state index contributed by atoms with van der Waals surface area (Å²) < 4.78 is 1.30. The number of thiophene rings is 1. The largest absolute Gasteiger partial charge is 0.392 e. The van der Waals surface area contributed by atoms with E-state index in [2.05, 4.69) is 40.4 Å². The van der Waals surface area contributed by atoms with Crippen LogP contribution in [0.3, 0.4) is 0 Å². The Morgan fingerprint density at radius 1 is 1.43 bits per heavy atom. The highest BCUT2D eigenvalue weighted by molar-refractivity contribution is 9.08. The first kappa shape index (κ1) is 10.1. The highest BCUT2D eigenvalue weighted by Gasteiger charge is 2.09. The molecule has 1 aromatic carbocycles. The number of halogens is 1. The van der Waals surface area contributed by atoms with Gasteiger partial charge in [-0.1, -0.05) is 15.9 Å².